The van der Waals surface area contributed by atoms with Crippen molar-refractivity contribution < 1.29 is 18.4 Å². The van der Waals surface area contributed by atoms with E-state index in [1.54, 1.807) is 37.2 Å². The van der Waals surface area contributed by atoms with Gasteiger partial charge in [0.2, 0.25) is 0 Å². The molecule has 6 rings (SSSR count). The summed E-state index contributed by atoms with van der Waals surface area (Å²) in [6.45, 7) is 5.53. The molecule has 0 N–H and O–H groups in total. The van der Waals surface area contributed by atoms with Crippen LogP contribution < -0.4 is 21.7 Å². The van der Waals surface area contributed by atoms with E-state index in [0.29, 0.717) is 5.76 Å². The first kappa shape index (κ1) is 61.8. The molecule has 0 saturated heterocycles. The van der Waals surface area contributed by atoms with Gasteiger partial charge in [0.15, 0.2) is 0 Å². The molecule has 0 aromatic carbocycles. The molecule has 0 unspecified atom stereocenters. The Labute approximate surface area is 415 Å². The van der Waals surface area contributed by atoms with E-state index in [1.807, 2.05) is 80.9 Å². The molecule has 6 aromatic heterocycles. The van der Waals surface area contributed by atoms with Crippen LogP contribution in [0.3, 0.4) is 0 Å². The number of nitrogens with zero attached hydrogens (tertiary/aromatic N) is 8. The third-order valence-corrected chi connectivity index (χ3v) is 43.4. The van der Waals surface area contributed by atoms with Crippen LogP contribution >= 0.6 is 11.3 Å². The van der Waals surface area contributed by atoms with Gasteiger partial charge in [-0.15, -0.1) is 0 Å². The normalized spacial score (nSPS) is 12.0. The maximum absolute atomic E-state index is 11.7. The Morgan fingerprint density at radius 2 is 1.22 bits per heavy atom. The summed E-state index contributed by atoms with van der Waals surface area (Å²) in [5.74, 6) is -0.0640. The molecule has 19 heteroatoms. The Bertz CT molecular complexity index is 2080. The van der Waals surface area contributed by atoms with Gasteiger partial charge in [0, 0.05) is 0 Å². The van der Waals surface area contributed by atoms with E-state index < -0.39 is 116 Å². The van der Waals surface area contributed by atoms with Crippen LogP contribution in [0.1, 0.15) is 31.3 Å². The van der Waals surface area contributed by atoms with E-state index in [1.165, 1.54) is 14.0 Å². The van der Waals surface area contributed by atoms with Crippen molar-refractivity contribution in [1.29, 1.82) is 0 Å². The molecule has 0 atom stereocenters. The standard InChI is InChI=1S/C9H11O3.C4H5N2.2C4H3N2.C3H2NO.C3H2NS.18CH3.6Sn/c1-9(2,3)12-8(10)7-5-4-6-11-7;1-6-4-2-3-5-6;1-2-6-4-3-5-1;1-2-5-4-6-3-1;2*1-2-5-3-4-1;;;;;;;;;;;;;;;;;;;;;;;;/h4-5H,1-3H3;2,4H,1H3;1-3H;2-4H;2*1-2H;18*1H3;;;;;;. The van der Waals surface area contributed by atoms with Crippen molar-refractivity contribution in [2.75, 3.05) is 0 Å². The average Bonchev–Trinajstić information content (AvgIpc) is 3.99. The number of esters is 1. The van der Waals surface area contributed by atoms with Crippen molar-refractivity contribution in [2.24, 2.45) is 7.05 Å². The summed E-state index contributed by atoms with van der Waals surface area (Å²) < 4.78 is 25.3. The number of hydrogen-bond donors (Lipinski definition) is 0. The topological polar surface area (TPSA) is 148 Å². The quantitative estimate of drug-likeness (QED) is 0.112. The average molecular weight is 1540 g/mol. The molecule has 0 amide bonds. The van der Waals surface area contributed by atoms with Gasteiger partial charge in [-0.25, -0.2) is 0 Å². The van der Waals surface area contributed by atoms with E-state index in [9.17, 15) is 4.79 Å². The second-order valence-corrected chi connectivity index (χ2v) is 110. The monoisotopic (exact) mass is 1550 g/mol. The maximum atomic E-state index is 11.7. The Kier molecular flexibility index (Phi) is 26.3. The summed E-state index contributed by atoms with van der Waals surface area (Å²) in [5.41, 5.74) is -0.477. The molecule has 6 heterocycles. The van der Waals surface area contributed by atoms with Crippen molar-refractivity contribution in [3.63, 3.8) is 0 Å². The third-order valence-electron chi connectivity index (χ3n) is 8.33. The number of rotatable bonds is 7. The van der Waals surface area contributed by atoms with Crippen molar-refractivity contribution >= 4 is 149 Å². The van der Waals surface area contributed by atoms with Gasteiger partial charge in [0.05, 0.1) is 0 Å². The molecule has 0 aliphatic heterocycles. The first-order valence-electron chi connectivity index (χ1n) is 21.7. The van der Waals surface area contributed by atoms with Crippen LogP contribution in [0.25, 0.3) is 0 Å². The van der Waals surface area contributed by atoms with E-state index in [-0.39, 0.29) is 5.97 Å². The zero-order valence-electron chi connectivity index (χ0n) is 43.2. The van der Waals surface area contributed by atoms with E-state index in [2.05, 4.69) is 135 Å². The fraction of sp³-hybridized carbons (Fsp3) is 0.511. The van der Waals surface area contributed by atoms with Gasteiger partial charge in [-0.2, -0.15) is 0 Å². The van der Waals surface area contributed by atoms with Crippen LogP contribution in [0, 0.1) is 0 Å². The molecule has 0 fully saturated rings. The summed E-state index contributed by atoms with van der Waals surface area (Å²) in [6.07, 6.45) is 18.2. The van der Waals surface area contributed by atoms with Gasteiger partial charge in [0.1, 0.15) is 0 Å². The molecular weight excluding hydrogens is 1460 g/mol. The second kappa shape index (κ2) is 27.2. The van der Waals surface area contributed by atoms with Crippen molar-refractivity contribution in [3.8, 4) is 0 Å². The van der Waals surface area contributed by atoms with Gasteiger partial charge in [-0.1, -0.05) is 0 Å². The van der Waals surface area contributed by atoms with Gasteiger partial charge >= 0.3 is 421 Å². The zero-order valence-corrected chi connectivity index (χ0v) is 61.1. The number of oxazole rings is 1. The van der Waals surface area contributed by atoms with Gasteiger partial charge < -0.3 is 0 Å². The number of furan rings is 1. The predicted octanol–water partition coefficient (Wildman–Crippen LogP) is 8.70. The van der Waals surface area contributed by atoms with Crippen LogP contribution in [-0.4, -0.2) is 162 Å². The fourth-order valence-corrected chi connectivity index (χ4v) is 23.8. The molecule has 0 aliphatic carbocycles. The van der Waals surface area contributed by atoms with Gasteiger partial charge in [-0.05, 0) is 0 Å². The summed E-state index contributed by atoms with van der Waals surface area (Å²) in [6, 6.07) is 5.77. The van der Waals surface area contributed by atoms with Crippen molar-refractivity contribution in [2.45, 2.75) is 115 Å². The first-order chi connectivity index (χ1) is 29.0. The molecule has 6 aromatic rings. The Morgan fingerprint density at radius 1 is 0.625 bits per heavy atom. The number of hydrogen-bond acceptors (Lipinski definition) is 12. The SMILES string of the molecule is CC(C)(C)OC(=O)c1cc[c]([Sn]([CH3])([CH3])[CH3])o1.Cn1cc[c]([Sn]([CH3])([CH3])[CH3])n1.[CH3][Sn]([CH3])([CH3])[c]1cnccn1.[CH3][Sn]([CH3])([CH3])[c]1cncnc1.[CH3][Sn]([CH3])([CH3])[c]1ncco1.[CH3][Sn]([CH3])([CH3])[c]1nccs1. The van der Waals surface area contributed by atoms with Crippen LogP contribution in [0.5, 0.6) is 0 Å². The Morgan fingerprint density at radius 3 is 1.50 bits per heavy atom. The second-order valence-electron chi connectivity index (χ2n) is 22.4. The van der Waals surface area contributed by atoms with Crippen LogP contribution in [0.2, 0.25) is 88.9 Å². The van der Waals surface area contributed by atoms with Crippen molar-refractivity contribution in [3.05, 3.63) is 91.5 Å². The molecular formula is C45H80N8O4SSn6. The predicted molar refractivity (Wildman–Crippen MR) is 288 cm³/mol. The van der Waals surface area contributed by atoms with Crippen molar-refractivity contribution in [1.82, 2.24) is 39.7 Å². The first-order valence-corrected chi connectivity index (χ1v) is 82.5. The minimum atomic E-state index is -2.21. The number of thiazole rings is 1. The summed E-state index contributed by atoms with van der Waals surface area (Å²) in [4.78, 5) is 78.3. The summed E-state index contributed by atoms with van der Waals surface area (Å²) >= 11 is -9.61. The number of aryl methyl sites for hydroxylation is 1. The molecule has 64 heavy (non-hydrogen) atoms. The molecule has 0 aliphatic rings. The van der Waals surface area contributed by atoms with E-state index in [4.69, 9.17) is 13.6 Å². The molecule has 12 nitrogen and oxygen atoms in total. The van der Waals surface area contributed by atoms with E-state index in [0.717, 1.165) is 7.68 Å². The van der Waals surface area contributed by atoms with Crippen LogP contribution in [0.4, 0.5) is 0 Å². The van der Waals surface area contributed by atoms with E-state index >= 15 is 0 Å². The molecule has 0 bridgehead atoms. The number of carbonyl (C=O) groups excluding carboxylic acids is 1. The van der Waals surface area contributed by atoms with Gasteiger partial charge in [-0.3, -0.25) is 0 Å². The third kappa shape index (κ3) is 26.5. The molecule has 354 valence electrons. The number of aromatic nitrogens is 8. The zero-order chi connectivity index (χ0) is 49.4. The Hall–Kier alpha value is -0.248. The minimum absolute atomic E-state index is 0.316. The van der Waals surface area contributed by atoms with Crippen LogP contribution in [-0.2, 0) is 11.8 Å². The summed E-state index contributed by atoms with van der Waals surface area (Å²) in [7, 11) is 1.97. The van der Waals surface area contributed by atoms with Crippen LogP contribution in [0.15, 0.2) is 94.6 Å². The molecule has 0 saturated carbocycles. The molecule has 0 spiro atoms. The number of carbonyl (C=O) groups is 1. The van der Waals surface area contributed by atoms with Gasteiger partial charge in [0.25, 0.3) is 0 Å². The Balaban J connectivity index is 0.000000389. The summed E-state index contributed by atoms with van der Waals surface area (Å²) in [5, 5.41) is 6.46. The molecule has 0 radical (unpaired) electrons. The fourth-order valence-electron chi connectivity index (χ4n) is 4.55. The number of ether oxygens (including phenoxy) is 1.